The smallest absolute Gasteiger partial charge is 0.323 e. The highest BCUT2D eigenvalue weighted by atomic mass is 19.1. The van der Waals surface area contributed by atoms with E-state index in [2.05, 4.69) is 20.8 Å². The monoisotopic (exact) mass is 405 g/mol. The molecule has 0 radical (unpaired) electrons. The van der Waals surface area contributed by atoms with Gasteiger partial charge in [-0.2, -0.15) is 5.10 Å². The van der Waals surface area contributed by atoms with Crippen LogP contribution in [0.25, 0.3) is 22.0 Å². The number of nitrogens with zero attached hydrogens (tertiary/aromatic N) is 1. The number of anilines is 3. The summed E-state index contributed by atoms with van der Waals surface area (Å²) < 4.78 is 14.4. The molecule has 4 rings (SSSR count). The van der Waals surface area contributed by atoms with E-state index >= 15 is 0 Å². The minimum Gasteiger partial charge on any atom is -0.392 e. The molecule has 0 bridgehead atoms. The summed E-state index contributed by atoms with van der Waals surface area (Å²) in [6, 6.07) is 15.7. The van der Waals surface area contributed by atoms with Gasteiger partial charge in [-0.25, -0.2) is 9.18 Å². The van der Waals surface area contributed by atoms with Crippen LogP contribution in [0.4, 0.5) is 26.4 Å². The molecule has 152 valence electrons. The highest BCUT2D eigenvalue weighted by Crippen LogP contribution is 2.35. The molecule has 1 aromatic heterocycles. The summed E-state index contributed by atoms with van der Waals surface area (Å²) in [5.41, 5.74) is 9.92. The van der Waals surface area contributed by atoms with Gasteiger partial charge in [-0.05, 0) is 53.9 Å². The number of aromatic nitrogens is 2. The number of nitrogens with two attached hydrogens (primary N) is 1. The number of carbonyl (C=O) groups excluding carboxylic acids is 1. The van der Waals surface area contributed by atoms with Gasteiger partial charge >= 0.3 is 6.03 Å². The van der Waals surface area contributed by atoms with Crippen LogP contribution >= 0.6 is 0 Å². The Morgan fingerprint density at radius 2 is 1.87 bits per heavy atom. The van der Waals surface area contributed by atoms with Crippen molar-refractivity contribution in [3.8, 4) is 11.1 Å². The Labute approximate surface area is 171 Å². The number of hydrogen-bond acceptors (Lipinski definition) is 4. The van der Waals surface area contributed by atoms with Gasteiger partial charge in [-0.1, -0.05) is 24.3 Å². The molecule has 0 saturated heterocycles. The molecule has 0 aliphatic heterocycles. The van der Waals surface area contributed by atoms with Crippen LogP contribution in [0.5, 0.6) is 0 Å². The predicted molar refractivity (Wildman–Crippen MR) is 116 cm³/mol. The summed E-state index contributed by atoms with van der Waals surface area (Å²) >= 11 is 0. The zero-order valence-electron chi connectivity index (χ0n) is 16.2. The zero-order chi connectivity index (χ0) is 21.3. The minimum absolute atomic E-state index is 0.140. The number of aromatic amines is 1. The number of nitrogen functional groups attached to an aromatic ring is 1. The third-order valence-electron chi connectivity index (χ3n) is 4.78. The van der Waals surface area contributed by atoms with Gasteiger partial charge in [-0.15, -0.1) is 0 Å². The van der Waals surface area contributed by atoms with E-state index in [1.165, 1.54) is 0 Å². The number of nitrogens with one attached hydrogen (secondary N) is 3. The van der Waals surface area contributed by atoms with E-state index in [1.54, 1.807) is 30.3 Å². The quantitative estimate of drug-likeness (QED) is 0.346. The topological polar surface area (TPSA) is 116 Å². The van der Waals surface area contributed by atoms with Gasteiger partial charge in [0.1, 0.15) is 5.52 Å². The Kier molecular flexibility index (Phi) is 5.07. The number of hydrogen-bond donors (Lipinski definition) is 5. The molecule has 0 aliphatic carbocycles. The van der Waals surface area contributed by atoms with Gasteiger partial charge in [0.15, 0.2) is 11.6 Å². The van der Waals surface area contributed by atoms with Crippen LogP contribution < -0.4 is 16.4 Å². The number of aliphatic hydroxyl groups excluding tert-OH is 1. The van der Waals surface area contributed by atoms with Crippen LogP contribution in [0.1, 0.15) is 11.1 Å². The fourth-order valence-electron chi connectivity index (χ4n) is 3.35. The lowest BCUT2D eigenvalue weighted by atomic mass is 9.98. The standard InChI is InChI=1S/C22H20FN5O2/c1-12-3-2-4-16(9-12)26-22(30)25-15-7-5-13(6-8-15)17-10-14(11-29)19(23)20-18(17)21(24)28-27-20/h2-10,29H,11H2,1H3,(H3,24,27,28)(H2,25,26,30). The van der Waals surface area contributed by atoms with Crippen LogP contribution in [0.2, 0.25) is 0 Å². The van der Waals surface area contributed by atoms with Crippen LogP contribution in [-0.2, 0) is 6.61 Å². The summed E-state index contributed by atoms with van der Waals surface area (Å²) in [7, 11) is 0. The summed E-state index contributed by atoms with van der Waals surface area (Å²) in [4.78, 5) is 12.2. The molecule has 4 aromatic rings. The number of urea groups is 1. The number of amides is 2. The molecule has 30 heavy (non-hydrogen) atoms. The van der Waals surface area contributed by atoms with Gasteiger partial charge in [0, 0.05) is 16.9 Å². The first-order valence-corrected chi connectivity index (χ1v) is 9.27. The van der Waals surface area contributed by atoms with Gasteiger partial charge in [-0.3, -0.25) is 5.10 Å². The first kappa shape index (κ1) is 19.4. The van der Waals surface area contributed by atoms with Crippen LogP contribution in [0.15, 0.2) is 54.6 Å². The van der Waals surface area contributed by atoms with E-state index in [0.29, 0.717) is 22.3 Å². The maximum Gasteiger partial charge on any atom is 0.323 e. The van der Waals surface area contributed by atoms with Crippen molar-refractivity contribution in [3.05, 3.63) is 71.5 Å². The number of H-pyrrole nitrogens is 1. The summed E-state index contributed by atoms with van der Waals surface area (Å²) in [6.07, 6.45) is 0. The molecule has 6 N–H and O–H groups in total. The van der Waals surface area contributed by atoms with Crippen LogP contribution in [0, 0.1) is 12.7 Å². The minimum atomic E-state index is -0.577. The third kappa shape index (κ3) is 3.68. The molecule has 7 nitrogen and oxygen atoms in total. The number of rotatable bonds is 4. The highest BCUT2D eigenvalue weighted by molar-refractivity contribution is 6.03. The fourth-order valence-corrected chi connectivity index (χ4v) is 3.35. The first-order valence-electron chi connectivity index (χ1n) is 9.27. The van der Waals surface area contributed by atoms with Crippen molar-refractivity contribution >= 4 is 34.1 Å². The number of aryl methyl sites for hydroxylation is 1. The lowest BCUT2D eigenvalue weighted by molar-refractivity contribution is 0.262. The SMILES string of the molecule is Cc1cccc(NC(=O)Nc2ccc(-c3cc(CO)c(F)c4[nH]nc(N)c34)cc2)c1. The molecule has 0 fully saturated rings. The average Bonchev–Trinajstić information content (AvgIpc) is 3.11. The Balaban J connectivity index is 1.59. The molecule has 8 heteroatoms. The third-order valence-corrected chi connectivity index (χ3v) is 4.78. The van der Waals surface area contributed by atoms with Crippen molar-refractivity contribution in [1.82, 2.24) is 10.2 Å². The molecule has 3 aromatic carbocycles. The molecule has 0 spiro atoms. The van der Waals surface area contributed by atoms with Gasteiger partial charge < -0.3 is 21.5 Å². The number of fused-ring (bicyclic) bond motifs is 1. The number of benzene rings is 3. The molecule has 1 heterocycles. The van der Waals surface area contributed by atoms with E-state index < -0.39 is 12.4 Å². The van der Waals surface area contributed by atoms with E-state index in [4.69, 9.17) is 5.73 Å². The number of halogens is 1. The molecule has 0 saturated carbocycles. The maximum absolute atomic E-state index is 14.4. The lowest BCUT2D eigenvalue weighted by Gasteiger charge is -2.11. The Morgan fingerprint density at radius 1 is 1.13 bits per heavy atom. The van der Waals surface area contributed by atoms with Crippen molar-refractivity contribution in [1.29, 1.82) is 0 Å². The Hall–Kier alpha value is -3.91. The predicted octanol–water partition coefficient (Wildman–Crippen LogP) is 4.40. The average molecular weight is 405 g/mol. The van der Waals surface area contributed by atoms with E-state index in [1.807, 2.05) is 31.2 Å². The summed E-state index contributed by atoms with van der Waals surface area (Å²) in [5, 5.41) is 21.9. The van der Waals surface area contributed by atoms with Crippen LogP contribution in [0.3, 0.4) is 0 Å². The summed E-state index contributed by atoms with van der Waals surface area (Å²) in [6.45, 7) is 1.50. The molecular weight excluding hydrogens is 385 g/mol. The second-order valence-corrected chi connectivity index (χ2v) is 6.94. The molecule has 0 atom stereocenters. The molecular formula is C22H20FN5O2. The van der Waals surface area contributed by atoms with Gasteiger partial charge in [0.05, 0.1) is 12.0 Å². The highest BCUT2D eigenvalue weighted by Gasteiger charge is 2.17. The normalized spacial score (nSPS) is 10.9. The lowest BCUT2D eigenvalue weighted by Crippen LogP contribution is -2.19. The Morgan fingerprint density at radius 3 is 2.57 bits per heavy atom. The second kappa shape index (κ2) is 7.84. The van der Waals surface area contributed by atoms with E-state index in [0.717, 1.165) is 11.1 Å². The number of carbonyl (C=O) groups is 1. The number of aliphatic hydroxyl groups is 1. The van der Waals surface area contributed by atoms with Gasteiger partial charge in [0.25, 0.3) is 0 Å². The maximum atomic E-state index is 14.4. The van der Waals surface area contributed by atoms with Crippen molar-refractivity contribution in [2.45, 2.75) is 13.5 Å². The Bertz CT molecular complexity index is 1230. The zero-order valence-corrected chi connectivity index (χ0v) is 16.2. The second-order valence-electron chi connectivity index (χ2n) is 6.94. The van der Waals surface area contributed by atoms with Crippen molar-refractivity contribution in [3.63, 3.8) is 0 Å². The molecule has 2 amide bonds. The van der Waals surface area contributed by atoms with Crippen molar-refractivity contribution in [2.24, 2.45) is 0 Å². The van der Waals surface area contributed by atoms with E-state index in [-0.39, 0.29) is 22.9 Å². The van der Waals surface area contributed by atoms with Crippen molar-refractivity contribution in [2.75, 3.05) is 16.4 Å². The fraction of sp³-hybridized carbons (Fsp3) is 0.0909. The van der Waals surface area contributed by atoms with E-state index in [9.17, 15) is 14.3 Å². The van der Waals surface area contributed by atoms with Crippen LogP contribution in [-0.4, -0.2) is 21.3 Å². The van der Waals surface area contributed by atoms with Crippen molar-refractivity contribution < 1.29 is 14.3 Å². The largest absolute Gasteiger partial charge is 0.392 e. The van der Waals surface area contributed by atoms with Gasteiger partial charge in [0.2, 0.25) is 0 Å². The molecule has 0 aliphatic rings. The molecule has 0 unspecified atom stereocenters. The summed E-state index contributed by atoms with van der Waals surface area (Å²) in [5.74, 6) is -0.408. The first-order chi connectivity index (χ1) is 14.5.